The number of rotatable bonds is 4. The highest BCUT2D eigenvalue weighted by Crippen LogP contribution is 2.45. The van der Waals surface area contributed by atoms with E-state index in [1.54, 1.807) is 0 Å². The summed E-state index contributed by atoms with van der Waals surface area (Å²) in [7, 11) is 0. The van der Waals surface area contributed by atoms with E-state index in [4.69, 9.17) is 23.2 Å². The lowest BCUT2D eigenvalue weighted by molar-refractivity contribution is 0.452. The van der Waals surface area contributed by atoms with Crippen molar-refractivity contribution in [2.24, 2.45) is 0 Å². The van der Waals surface area contributed by atoms with Crippen molar-refractivity contribution in [3.8, 4) is 11.5 Å². The third kappa shape index (κ3) is 5.07. The standard InChI is InChI=1S/C22H28Cl2O2S/c1-21(2,3)15-7-13(11-23)19(25)17(9-15)27-18-10-16(22(4,5)6)8-14(12-24)20(18)26/h7-10,25-26H,11-12H2,1-6H3. The molecule has 0 bridgehead atoms. The van der Waals surface area contributed by atoms with Gasteiger partial charge in [-0.05, 0) is 34.1 Å². The summed E-state index contributed by atoms with van der Waals surface area (Å²) in [6.45, 7) is 12.7. The number of phenols is 2. The third-order valence-corrected chi connectivity index (χ3v) is 6.19. The van der Waals surface area contributed by atoms with Gasteiger partial charge in [0.2, 0.25) is 0 Å². The largest absolute Gasteiger partial charge is 0.506 e. The fraction of sp³-hybridized carbons (Fsp3) is 0.455. The van der Waals surface area contributed by atoms with E-state index in [0.29, 0.717) is 20.9 Å². The number of halogens is 2. The summed E-state index contributed by atoms with van der Waals surface area (Å²) in [6, 6.07) is 7.84. The zero-order valence-electron chi connectivity index (χ0n) is 16.8. The van der Waals surface area contributed by atoms with Gasteiger partial charge in [0.15, 0.2) is 0 Å². The number of aromatic hydroxyl groups is 2. The Morgan fingerprint density at radius 1 is 0.704 bits per heavy atom. The van der Waals surface area contributed by atoms with Crippen molar-refractivity contribution in [1.82, 2.24) is 0 Å². The quantitative estimate of drug-likeness (QED) is 0.502. The van der Waals surface area contributed by atoms with Crippen molar-refractivity contribution in [3.63, 3.8) is 0 Å². The van der Waals surface area contributed by atoms with Crippen LogP contribution in [0.25, 0.3) is 0 Å². The minimum absolute atomic E-state index is 0.0829. The van der Waals surface area contributed by atoms with E-state index < -0.39 is 0 Å². The summed E-state index contributed by atoms with van der Waals surface area (Å²) in [5.74, 6) is 0.779. The Balaban J connectivity index is 2.63. The molecule has 0 radical (unpaired) electrons. The van der Waals surface area contributed by atoms with E-state index in [9.17, 15) is 10.2 Å². The second-order valence-electron chi connectivity index (χ2n) is 8.83. The molecule has 0 fully saturated rings. The number of hydrogen-bond acceptors (Lipinski definition) is 3. The van der Waals surface area contributed by atoms with Crippen LogP contribution < -0.4 is 0 Å². The molecule has 0 aliphatic carbocycles. The van der Waals surface area contributed by atoms with Crippen molar-refractivity contribution in [2.45, 2.75) is 73.9 Å². The normalized spacial score (nSPS) is 12.4. The molecule has 2 aromatic rings. The lowest BCUT2D eigenvalue weighted by Crippen LogP contribution is -2.12. The Bertz CT molecular complexity index is 764. The molecule has 0 atom stereocenters. The highest BCUT2D eigenvalue weighted by atomic mass is 35.5. The van der Waals surface area contributed by atoms with Gasteiger partial charge in [0, 0.05) is 11.1 Å². The molecule has 0 saturated heterocycles. The molecule has 0 aromatic heterocycles. The molecule has 148 valence electrons. The van der Waals surface area contributed by atoms with Gasteiger partial charge in [-0.25, -0.2) is 0 Å². The first kappa shape index (κ1) is 22.3. The summed E-state index contributed by atoms with van der Waals surface area (Å²) in [5.41, 5.74) is 3.39. The first-order chi connectivity index (χ1) is 12.4. The highest BCUT2D eigenvalue weighted by molar-refractivity contribution is 7.99. The monoisotopic (exact) mass is 426 g/mol. The first-order valence-corrected chi connectivity index (χ1v) is 10.8. The number of hydrogen-bond donors (Lipinski definition) is 2. The van der Waals surface area contributed by atoms with Gasteiger partial charge in [-0.15, -0.1) is 23.2 Å². The molecule has 0 aliphatic rings. The van der Waals surface area contributed by atoms with Gasteiger partial charge in [-0.1, -0.05) is 65.4 Å². The summed E-state index contributed by atoms with van der Waals surface area (Å²) in [6.07, 6.45) is 0. The molecule has 2 N–H and O–H groups in total. The summed E-state index contributed by atoms with van der Waals surface area (Å²) in [4.78, 5) is 1.36. The van der Waals surface area contributed by atoms with E-state index >= 15 is 0 Å². The van der Waals surface area contributed by atoms with E-state index in [1.807, 2.05) is 24.3 Å². The Kier molecular flexibility index (Phi) is 6.72. The van der Waals surface area contributed by atoms with Crippen LogP contribution in [-0.2, 0) is 22.6 Å². The minimum atomic E-state index is -0.0829. The molecule has 0 amide bonds. The van der Waals surface area contributed by atoms with Gasteiger partial charge in [-0.2, -0.15) is 0 Å². The average molecular weight is 427 g/mol. The van der Waals surface area contributed by atoms with E-state index in [-0.39, 0.29) is 34.1 Å². The van der Waals surface area contributed by atoms with Gasteiger partial charge in [-0.3, -0.25) is 0 Å². The van der Waals surface area contributed by atoms with Crippen LogP contribution >= 0.6 is 35.0 Å². The van der Waals surface area contributed by atoms with Crippen LogP contribution in [0.1, 0.15) is 63.8 Å². The number of phenolic OH excluding ortho intramolecular Hbond substituents is 2. The lowest BCUT2D eigenvalue weighted by atomic mass is 9.86. The van der Waals surface area contributed by atoms with Gasteiger partial charge < -0.3 is 10.2 Å². The fourth-order valence-electron chi connectivity index (χ4n) is 2.67. The predicted octanol–water partition coefficient (Wildman–Crippen LogP) is 7.32. The topological polar surface area (TPSA) is 40.5 Å². The molecule has 2 nitrogen and oxygen atoms in total. The van der Waals surface area contributed by atoms with Crippen molar-refractivity contribution in [1.29, 1.82) is 0 Å². The summed E-state index contributed by atoms with van der Waals surface area (Å²) < 4.78 is 0. The van der Waals surface area contributed by atoms with Crippen LogP contribution in [0.4, 0.5) is 0 Å². The average Bonchev–Trinajstić information content (AvgIpc) is 2.56. The van der Waals surface area contributed by atoms with Crippen molar-refractivity contribution < 1.29 is 10.2 Å². The van der Waals surface area contributed by atoms with Crippen LogP contribution in [0.15, 0.2) is 34.1 Å². The van der Waals surface area contributed by atoms with E-state index in [2.05, 4.69) is 41.5 Å². The van der Waals surface area contributed by atoms with Gasteiger partial charge in [0.1, 0.15) is 11.5 Å². The SMILES string of the molecule is CC(C)(C)c1cc(CCl)c(O)c(Sc2cc(C(C)(C)C)cc(CCl)c2O)c1. The van der Waals surface area contributed by atoms with Crippen molar-refractivity contribution >= 4 is 35.0 Å². The van der Waals surface area contributed by atoms with Crippen LogP contribution in [0.5, 0.6) is 11.5 Å². The molecule has 5 heteroatoms. The van der Waals surface area contributed by atoms with E-state index in [0.717, 1.165) is 11.1 Å². The molecular formula is C22H28Cl2O2S. The molecule has 0 saturated carbocycles. The fourth-order valence-corrected chi connectivity index (χ4v) is 4.15. The minimum Gasteiger partial charge on any atom is -0.506 e. The highest BCUT2D eigenvalue weighted by Gasteiger charge is 2.22. The Morgan fingerprint density at radius 2 is 1.04 bits per heavy atom. The summed E-state index contributed by atoms with van der Waals surface area (Å²) >= 11 is 13.5. The second-order valence-corrected chi connectivity index (χ2v) is 10.5. The van der Waals surface area contributed by atoms with Gasteiger partial charge >= 0.3 is 0 Å². The van der Waals surface area contributed by atoms with Crippen LogP contribution in [0.3, 0.4) is 0 Å². The molecule has 0 spiro atoms. The molecule has 27 heavy (non-hydrogen) atoms. The molecule has 2 aromatic carbocycles. The van der Waals surface area contributed by atoms with Gasteiger partial charge in [0.25, 0.3) is 0 Å². The van der Waals surface area contributed by atoms with Crippen molar-refractivity contribution in [3.05, 3.63) is 46.5 Å². The smallest absolute Gasteiger partial charge is 0.133 e. The lowest BCUT2D eigenvalue weighted by Gasteiger charge is -2.23. The van der Waals surface area contributed by atoms with Crippen molar-refractivity contribution in [2.75, 3.05) is 0 Å². The number of benzene rings is 2. The maximum atomic E-state index is 10.7. The van der Waals surface area contributed by atoms with Crippen LogP contribution in [-0.4, -0.2) is 10.2 Å². The molecule has 0 heterocycles. The first-order valence-electron chi connectivity index (χ1n) is 8.91. The van der Waals surface area contributed by atoms with Gasteiger partial charge in [0.05, 0.1) is 21.6 Å². The molecular weight excluding hydrogens is 399 g/mol. The molecule has 0 aliphatic heterocycles. The Labute approximate surface area is 176 Å². The van der Waals surface area contributed by atoms with Crippen LogP contribution in [0, 0.1) is 0 Å². The maximum Gasteiger partial charge on any atom is 0.133 e. The zero-order chi connectivity index (χ0) is 20.6. The van der Waals surface area contributed by atoms with Crippen LogP contribution in [0.2, 0.25) is 0 Å². The maximum absolute atomic E-state index is 10.7. The second kappa shape index (κ2) is 8.14. The number of alkyl halides is 2. The molecule has 2 rings (SSSR count). The Hall–Kier alpha value is -1.03. The summed E-state index contributed by atoms with van der Waals surface area (Å²) in [5, 5.41) is 21.3. The van der Waals surface area contributed by atoms with E-state index in [1.165, 1.54) is 11.8 Å². The third-order valence-electron chi connectivity index (χ3n) is 4.55. The molecule has 0 unspecified atom stereocenters. The predicted molar refractivity (Wildman–Crippen MR) is 117 cm³/mol. The zero-order valence-corrected chi connectivity index (χ0v) is 19.1. The Morgan fingerprint density at radius 3 is 1.30 bits per heavy atom.